The first-order valence-electron chi connectivity index (χ1n) is 5.83. The second-order valence-electron chi connectivity index (χ2n) is 4.67. The van der Waals surface area contributed by atoms with E-state index in [4.69, 9.17) is 4.74 Å². The van der Waals surface area contributed by atoms with Crippen LogP contribution >= 0.6 is 0 Å². The molecule has 2 aromatic rings. The van der Waals surface area contributed by atoms with Crippen molar-refractivity contribution < 1.29 is 9.53 Å². The van der Waals surface area contributed by atoms with Crippen LogP contribution in [0.1, 0.15) is 18.4 Å². The summed E-state index contributed by atoms with van der Waals surface area (Å²) in [6.07, 6.45) is 3.05. The molecule has 0 aliphatic heterocycles. The largest absolute Gasteiger partial charge is 0.497 e. The van der Waals surface area contributed by atoms with E-state index in [9.17, 15) is 4.79 Å². The van der Waals surface area contributed by atoms with E-state index in [-0.39, 0.29) is 5.41 Å². The first-order chi connectivity index (χ1) is 8.29. The molecule has 2 aromatic carbocycles. The lowest BCUT2D eigenvalue weighted by Gasteiger charge is -2.12. The lowest BCUT2D eigenvalue weighted by Crippen LogP contribution is -2.08. The van der Waals surface area contributed by atoms with E-state index < -0.39 is 0 Å². The fraction of sp³-hybridized carbons (Fsp3) is 0.267. The standard InChI is InChI=1S/C15H14O2/c1-17-12-5-6-13-11(9-12)3-2-4-14(13)15(10-16)7-8-15/h2-6,9-10H,7-8H2,1H3. The molecule has 86 valence electrons. The predicted molar refractivity (Wildman–Crippen MR) is 67.5 cm³/mol. The van der Waals surface area contributed by atoms with Gasteiger partial charge in [0.2, 0.25) is 0 Å². The van der Waals surface area contributed by atoms with Crippen LogP contribution in [0.2, 0.25) is 0 Å². The summed E-state index contributed by atoms with van der Waals surface area (Å²) in [6, 6.07) is 12.2. The van der Waals surface area contributed by atoms with Crippen LogP contribution in [0.15, 0.2) is 36.4 Å². The van der Waals surface area contributed by atoms with Crippen molar-refractivity contribution >= 4 is 17.1 Å². The van der Waals surface area contributed by atoms with Gasteiger partial charge in [-0.05, 0) is 41.3 Å². The third-order valence-corrected chi connectivity index (χ3v) is 3.64. The molecule has 0 amide bonds. The van der Waals surface area contributed by atoms with Crippen molar-refractivity contribution in [3.8, 4) is 5.75 Å². The Morgan fingerprint density at radius 3 is 2.71 bits per heavy atom. The molecule has 1 aliphatic rings. The average molecular weight is 226 g/mol. The van der Waals surface area contributed by atoms with Crippen LogP contribution in [0.4, 0.5) is 0 Å². The maximum atomic E-state index is 11.2. The maximum Gasteiger partial charge on any atom is 0.130 e. The number of fused-ring (bicyclic) bond motifs is 1. The molecule has 0 heterocycles. The molecular weight excluding hydrogens is 212 g/mol. The second kappa shape index (κ2) is 3.59. The van der Waals surface area contributed by atoms with E-state index in [1.165, 1.54) is 0 Å². The highest BCUT2D eigenvalue weighted by Gasteiger charge is 2.45. The molecule has 0 bridgehead atoms. The Kier molecular flexibility index (Phi) is 2.18. The molecule has 17 heavy (non-hydrogen) atoms. The highest BCUT2D eigenvalue weighted by atomic mass is 16.5. The number of methoxy groups -OCH3 is 1. The minimum atomic E-state index is -0.214. The smallest absolute Gasteiger partial charge is 0.130 e. The number of aldehydes is 1. The molecular formula is C15H14O2. The first kappa shape index (κ1) is 10.3. The van der Waals surface area contributed by atoms with Crippen LogP contribution < -0.4 is 4.74 Å². The van der Waals surface area contributed by atoms with E-state index in [1.54, 1.807) is 7.11 Å². The van der Waals surface area contributed by atoms with Crippen molar-refractivity contribution in [3.05, 3.63) is 42.0 Å². The maximum absolute atomic E-state index is 11.2. The second-order valence-corrected chi connectivity index (χ2v) is 4.67. The Morgan fingerprint density at radius 1 is 1.24 bits per heavy atom. The van der Waals surface area contributed by atoms with Gasteiger partial charge >= 0.3 is 0 Å². The number of carbonyl (C=O) groups is 1. The zero-order valence-corrected chi connectivity index (χ0v) is 9.77. The molecule has 0 unspecified atom stereocenters. The monoisotopic (exact) mass is 226 g/mol. The summed E-state index contributed by atoms with van der Waals surface area (Å²) in [5.74, 6) is 0.852. The van der Waals surface area contributed by atoms with Gasteiger partial charge in [0.1, 0.15) is 12.0 Å². The van der Waals surface area contributed by atoms with Gasteiger partial charge in [-0.15, -0.1) is 0 Å². The van der Waals surface area contributed by atoms with E-state index in [0.29, 0.717) is 0 Å². The number of benzene rings is 2. The van der Waals surface area contributed by atoms with Crippen LogP contribution in [-0.2, 0) is 10.2 Å². The highest BCUT2D eigenvalue weighted by molar-refractivity contribution is 5.92. The average Bonchev–Trinajstić information content (AvgIpc) is 3.18. The molecule has 0 spiro atoms. The fourth-order valence-electron chi connectivity index (χ4n) is 2.41. The number of hydrogen-bond donors (Lipinski definition) is 0. The van der Waals surface area contributed by atoms with Crippen molar-refractivity contribution in [2.45, 2.75) is 18.3 Å². The Balaban J connectivity index is 2.23. The molecule has 0 atom stereocenters. The number of hydrogen-bond acceptors (Lipinski definition) is 2. The van der Waals surface area contributed by atoms with Crippen LogP contribution in [0.25, 0.3) is 10.8 Å². The van der Waals surface area contributed by atoms with Crippen LogP contribution in [0, 0.1) is 0 Å². The van der Waals surface area contributed by atoms with E-state index in [2.05, 4.69) is 12.1 Å². The molecule has 2 heteroatoms. The fourth-order valence-corrected chi connectivity index (χ4v) is 2.41. The van der Waals surface area contributed by atoms with E-state index in [1.807, 2.05) is 24.3 Å². The summed E-state index contributed by atoms with van der Waals surface area (Å²) in [7, 11) is 1.67. The van der Waals surface area contributed by atoms with E-state index >= 15 is 0 Å². The lowest BCUT2D eigenvalue weighted by molar-refractivity contribution is -0.109. The summed E-state index contributed by atoms with van der Waals surface area (Å²) in [4.78, 5) is 11.2. The molecule has 1 fully saturated rings. The Labute approximate surface area is 100 Å². The molecule has 0 N–H and O–H groups in total. The van der Waals surface area contributed by atoms with Crippen LogP contribution in [-0.4, -0.2) is 13.4 Å². The van der Waals surface area contributed by atoms with Gasteiger partial charge in [0.25, 0.3) is 0 Å². The molecule has 1 saturated carbocycles. The highest BCUT2D eigenvalue weighted by Crippen LogP contribution is 2.48. The van der Waals surface area contributed by atoms with Gasteiger partial charge in [0.15, 0.2) is 0 Å². The quantitative estimate of drug-likeness (QED) is 0.752. The van der Waals surface area contributed by atoms with Crippen molar-refractivity contribution in [1.29, 1.82) is 0 Å². The van der Waals surface area contributed by atoms with Gasteiger partial charge < -0.3 is 9.53 Å². The zero-order valence-electron chi connectivity index (χ0n) is 9.77. The Hall–Kier alpha value is -1.83. The van der Waals surface area contributed by atoms with Gasteiger partial charge in [0, 0.05) is 0 Å². The van der Waals surface area contributed by atoms with Gasteiger partial charge in [-0.3, -0.25) is 0 Å². The normalized spacial score (nSPS) is 16.8. The molecule has 1 aliphatic carbocycles. The summed E-state index contributed by atoms with van der Waals surface area (Å²) in [5, 5.41) is 2.30. The number of ether oxygens (including phenoxy) is 1. The topological polar surface area (TPSA) is 26.3 Å². The van der Waals surface area contributed by atoms with Gasteiger partial charge in [0.05, 0.1) is 12.5 Å². The minimum Gasteiger partial charge on any atom is -0.497 e. The Bertz CT molecular complexity index is 582. The summed E-state index contributed by atoms with van der Waals surface area (Å²) in [6.45, 7) is 0. The van der Waals surface area contributed by atoms with Gasteiger partial charge in [-0.2, -0.15) is 0 Å². The SMILES string of the molecule is COc1ccc2c(C3(C=O)CC3)cccc2c1. The van der Waals surface area contributed by atoms with Crippen LogP contribution in [0.3, 0.4) is 0 Å². The third kappa shape index (κ3) is 1.52. The molecule has 0 aromatic heterocycles. The predicted octanol–water partition coefficient (Wildman–Crippen LogP) is 3.08. The lowest BCUT2D eigenvalue weighted by atomic mass is 9.92. The summed E-state index contributed by atoms with van der Waals surface area (Å²) >= 11 is 0. The molecule has 0 saturated heterocycles. The summed E-state index contributed by atoms with van der Waals surface area (Å²) < 4.78 is 5.22. The summed E-state index contributed by atoms with van der Waals surface area (Å²) in [5.41, 5.74) is 0.946. The molecule has 3 rings (SSSR count). The van der Waals surface area contributed by atoms with Crippen molar-refractivity contribution in [2.24, 2.45) is 0 Å². The molecule has 2 nitrogen and oxygen atoms in total. The van der Waals surface area contributed by atoms with E-state index in [0.717, 1.165) is 41.2 Å². The third-order valence-electron chi connectivity index (χ3n) is 3.64. The van der Waals surface area contributed by atoms with Gasteiger partial charge in [-0.25, -0.2) is 0 Å². The minimum absolute atomic E-state index is 0.214. The Morgan fingerprint density at radius 2 is 2.06 bits per heavy atom. The van der Waals surface area contributed by atoms with Crippen molar-refractivity contribution in [3.63, 3.8) is 0 Å². The number of carbonyl (C=O) groups excluding carboxylic acids is 1. The van der Waals surface area contributed by atoms with Crippen LogP contribution in [0.5, 0.6) is 5.75 Å². The van der Waals surface area contributed by atoms with Gasteiger partial charge in [-0.1, -0.05) is 24.3 Å². The molecule has 0 radical (unpaired) electrons. The van der Waals surface area contributed by atoms with Crippen molar-refractivity contribution in [1.82, 2.24) is 0 Å². The first-order valence-corrected chi connectivity index (χ1v) is 5.83. The number of rotatable bonds is 3. The zero-order chi connectivity index (χ0) is 11.9. The van der Waals surface area contributed by atoms with Crippen molar-refractivity contribution in [2.75, 3.05) is 7.11 Å².